The summed E-state index contributed by atoms with van der Waals surface area (Å²) in [7, 11) is 0. The molecule has 1 nitrogen and oxygen atoms in total. The van der Waals surface area contributed by atoms with E-state index in [1.54, 1.807) is 0 Å². The quantitative estimate of drug-likeness (QED) is 0.656. The number of hydrogen-bond acceptors (Lipinski definition) is 1. The molecule has 0 aromatic heterocycles. The zero-order valence-electron chi connectivity index (χ0n) is 13.4. The largest absolute Gasteiger partial charge is 0.491 e. The van der Waals surface area contributed by atoms with Gasteiger partial charge in [0.05, 0.1) is 11.5 Å². The van der Waals surface area contributed by atoms with Crippen molar-refractivity contribution in [1.82, 2.24) is 0 Å². The van der Waals surface area contributed by atoms with Gasteiger partial charge in [0, 0.05) is 0 Å². The molecular formula is C19H23ClO. The molecule has 2 rings (SSSR count). The van der Waals surface area contributed by atoms with Crippen molar-refractivity contribution in [3.05, 3.63) is 64.2 Å². The summed E-state index contributed by atoms with van der Waals surface area (Å²) in [6, 6.07) is 12.5. The van der Waals surface area contributed by atoms with Crippen LogP contribution in [0.1, 0.15) is 47.0 Å². The molecule has 0 saturated carbocycles. The predicted molar refractivity (Wildman–Crippen MR) is 90.6 cm³/mol. The highest BCUT2D eigenvalue weighted by atomic mass is 35.5. The Balaban J connectivity index is 2.30. The summed E-state index contributed by atoms with van der Waals surface area (Å²) in [4.78, 5) is 0. The van der Waals surface area contributed by atoms with Gasteiger partial charge in [0.1, 0.15) is 5.75 Å². The lowest BCUT2D eigenvalue weighted by atomic mass is 9.94. The molecule has 2 aromatic carbocycles. The molecule has 0 aliphatic heterocycles. The molecule has 0 aliphatic rings. The number of benzene rings is 2. The van der Waals surface area contributed by atoms with E-state index in [-0.39, 0.29) is 11.5 Å². The normalized spacial score (nSPS) is 12.5. The zero-order valence-corrected chi connectivity index (χ0v) is 14.2. The Morgan fingerprint density at radius 3 is 1.90 bits per heavy atom. The third-order valence-electron chi connectivity index (χ3n) is 3.54. The van der Waals surface area contributed by atoms with Gasteiger partial charge in [-0.2, -0.15) is 0 Å². The lowest BCUT2D eigenvalue weighted by molar-refractivity contribution is 0.242. The lowest BCUT2D eigenvalue weighted by Crippen LogP contribution is -2.05. The van der Waals surface area contributed by atoms with Crippen molar-refractivity contribution in [3.63, 3.8) is 0 Å². The van der Waals surface area contributed by atoms with E-state index in [1.165, 1.54) is 22.3 Å². The van der Waals surface area contributed by atoms with Crippen molar-refractivity contribution in [2.45, 2.75) is 46.1 Å². The first-order valence-corrected chi connectivity index (χ1v) is 7.80. The van der Waals surface area contributed by atoms with Gasteiger partial charge in [-0.25, -0.2) is 0 Å². The summed E-state index contributed by atoms with van der Waals surface area (Å²) in [6.45, 7) is 10.4. The Bertz CT molecular complexity index is 591. The zero-order chi connectivity index (χ0) is 15.6. The second kappa shape index (κ2) is 6.53. The molecule has 0 saturated heterocycles. The average Bonchev–Trinajstić information content (AvgIpc) is 2.37. The average molecular weight is 303 g/mol. The molecule has 0 N–H and O–H groups in total. The Kier molecular flexibility index (Phi) is 4.95. The first-order chi connectivity index (χ1) is 9.88. The summed E-state index contributed by atoms with van der Waals surface area (Å²) in [5.74, 6) is 0.884. The van der Waals surface area contributed by atoms with Crippen molar-refractivity contribution in [3.8, 4) is 5.75 Å². The topological polar surface area (TPSA) is 9.23 Å². The molecule has 0 spiro atoms. The number of ether oxygens (including phenoxy) is 1. The van der Waals surface area contributed by atoms with Crippen molar-refractivity contribution < 1.29 is 4.74 Å². The lowest BCUT2D eigenvalue weighted by Gasteiger charge is -2.18. The number of halogens is 1. The van der Waals surface area contributed by atoms with Crippen LogP contribution >= 0.6 is 11.6 Å². The van der Waals surface area contributed by atoms with Gasteiger partial charge in [-0.15, -0.1) is 11.6 Å². The molecule has 0 heterocycles. The smallest absolute Gasteiger partial charge is 0.119 e. The Morgan fingerprint density at radius 2 is 1.43 bits per heavy atom. The maximum Gasteiger partial charge on any atom is 0.119 e. The van der Waals surface area contributed by atoms with Crippen LogP contribution in [0.4, 0.5) is 0 Å². The molecule has 1 unspecified atom stereocenters. The summed E-state index contributed by atoms with van der Waals surface area (Å²) in [6.07, 6.45) is 0.184. The van der Waals surface area contributed by atoms with Crippen molar-refractivity contribution in [1.29, 1.82) is 0 Å². The van der Waals surface area contributed by atoms with Gasteiger partial charge in [0.15, 0.2) is 0 Å². The highest BCUT2D eigenvalue weighted by molar-refractivity contribution is 6.22. The van der Waals surface area contributed by atoms with Crippen LogP contribution in [0, 0.1) is 20.8 Å². The van der Waals surface area contributed by atoms with Gasteiger partial charge >= 0.3 is 0 Å². The summed E-state index contributed by atoms with van der Waals surface area (Å²) in [5.41, 5.74) is 6.07. The molecule has 0 amide bonds. The Hall–Kier alpha value is -1.47. The van der Waals surface area contributed by atoms with Crippen LogP contribution in [-0.2, 0) is 0 Å². The third kappa shape index (κ3) is 3.79. The minimum atomic E-state index is -0.126. The number of rotatable bonds is 4. The second-order valence-electron chi connectivity index (χ2n) is 5.91. The highest BCUT2D eigenvalue weighted by Crippen LogP contribution is 2.34. The summed E-state index contributed by atoms with van der Waals surface area (Å²) in [5, 5.41) is -0.126. The van der Waals surface area contributed by atoms with Gasteiger partial charge < -0.3 is 4.74 Å². The SMILES string of the molecule is Cc1cc(C)c(C(Cl)c2ccc(OC(C)C)cc2)c(C)c1. The van der Waals surface area contributed by atoms with E-state index < -0.39 is 0 Å². The first-order valence-electron chi connectivity index (χ1n) is 7.37. The summed E-state index contributed by atoms with van der Waals surface area (Å²) >= 11 is 6.71. The van der Waals surface area contributed by atoms with E-state index in [2.05, 4.69) is 32.9 Å². The fourth-order valence-corrected chi connectivity index (χ4v) is 3.23. The Morgan fingerprint density at radius 1 is 0.905 bits per heavy atom. The van der Waals surface area contributed by atoms with E-state index in [9.17, 15) is 0 Å². The Labute approximate surface area is 132 Å². The molecule has 0 aliphatic carbocycles. The predicted octanol–water partition coefficient (Wildman–Crippen LogP) is 5.73. The summed E-state index contributed by atoms with van der Waals surface area (Å²) < 4.78 is 5.67. The molecule has 2 aromatic rings. The minimum absolute atomic E-state index is 0.126. The molecule has 2 heteroatoms. The molecular weight excluding hydrogens is 280 g/mol. The maximum atomic E-state index is 6.71. The van der Waals surface area contributed by atoms with Crippen molar-refractivity contribution in [2.24, 2.45) is 0 Å². The molecule has 1 atom stereocenters. The van der Waals surface area contributed by atoms with E-state index in [4.69, 9.17) is 16.3 Å². The molecule has 112 valence electrons. The molecule has 0 radical (unpaired) electrons. The third-order valence-corrected chi connectivity index (χ3v) is 4.01. The van der Waals surface area contributed by atoms with Crippen LogP contribution in [-0.4, -0.2) is 6.10 Å². The van der Waals surface area contributed by atoms with Gasteiger partial charge in [-0.05, 0) is 69.0 Å². The van der Waals surface area contributed by atoms with E-state index in [0.29, 0.717) is 0 Å². The number of alkyl halides is 1. The molecule has 0 fully saturated rings. The van der Waals surface area contributed by atoms with E-state index in [1.807, 2.05) is 38.1 Å². The van der Waals surface area contributed by atoms with E-state index in [0.717, 1.165) is 11.3 Å². The van der Waals surface area contributed by atoms with Crippen LogP contribution in [0.15, 0.2) is 36.4 Å². The standard InChI is InChI=1S/C19H23ClO/c1-12(2)21-17-8-6-16(7-9-17)19(20)18-14(4)10-13(3)11-15(18)5/h6-12,19H,1-5H3. The van der Waals surface area contributed by atoms with Crippen LogP contribution < -0.4 is 4.74 Å². The van der Waals surface area contributed by atoms with Crippen LogP contribution in [0.25, 0.3) is 0 Å². The van der Waals surface area contributed by atoms with Gasteiger partial charge in [0.2, 0.25) is 0 Å². The van der Waals surface area contributed by atoms with E-state index >= 15 is 0 Å². The highest BCUT2D eigenvalue weighted by Gasteiger charge is 2.16. The molecule has 21 heavy (non-hydrogen) atoms. The van der Waals surface area contributed by atoms with Crippen molar-refractivity contribution in [2.75, 3.05) is 0 Å². The van der Waals surface area contributed by atoms with Gasteiger partial charge in [-0.1, -0.05) is 29.8 Å². The maximum absolute atomic E-state index is 6.71. The number of aryl methyl sites for hydroxylation is 3. The first kappa shape index (κ1) is 15.9. The van der Waals surface area contributed by atoms with Crippen LogP contribution in [0.5, 0.6) is 5.75 Å². The van der Waals surface area contributed by atoms with Crippen molar-refractivity contribution >= 4 is 11.6 Å². The molecule has 0 bridgehead atoms. The van der Waals surface area contributed by atoms with Crippen LogP contribution in [0.3, 0.4) is 0 Å². The van der Waals surface area contributed by atoms with Gasteiger partial charge in [-0.3, -0.25) is 0 Å². The fraction of sp³-hybridized carbons (Fsp3) is 0.368. The second-order valence-corrected chi connectivity index (χ2v) is 6.35. The minimum Gasteiger partial charge on any atom is -0.491 e. The van der Waals surface area contributed by atoms with Gasteiger partial charge in [0.25, 0.3) is 0 Å². The van der Waals surface area contributed by atoms with Crippen LogP contribution in [0.2, 0.25) is 0 Å². The monoisotopic (exact) mass is 302 g/mol. The fourth-order valence-electron chi connectivity index (χ4n) is 2.75. The number of hydrogen-bond donors (Lipinski definition) is 0.